The standard InChI is InChI=1S/C24H27N5O/c1-3-29-17(2)14-20(27-29)23(30)28-13-7-11-24(16-28)12-10-19-15-25-22(26-21(19)24)18-8-5-4-6-9-18/h4-6,8-9,14-15H,3,7,10-13,16H2,1-2H3. The van der Waals surface area contributed by atoms with Gasteiger partial charge in [-0.2, -0.15) is 5.10 Å². The minimum absolute atomic E-state index is 0.0372. The molecule has 1 aliphatic heterocycles. The van der Waals surface area contributed by atoms with Crippen LogP contribution in [0.1, 0.15) is 53.6 Å². The van der Waals surface area contributed by atoms with E-state index >= 15 is 0 Å². The number of piperidine rings is 1. The maximum absolute atomic E-state index is 13.2. The first-order valence-corrected chi connectivity index (χ1v) is 10.9. The molecular weight excluding hydrogens is 374 g/mol. The molecule has 3 aromatic rings. The fraction of sp³-hybridized carbons (Fsp3) is 0.417. The number of carbonyl (C=O) groups is 1. The highest BCUT2D eigenvalue weighted by molar-refractivity contribution is 5.92. The van der Waals surface area contributed by atoms with Gasteiger partial charge in [-0.1, -0.05) is 30.3 Å². The molecule has 2 aliphatic rings. The van der Waals surface area contributed by atoms with E-state index < -0.39 is 0 Å². The lowest BCUT2D eigenvalue weighted by Gasteiger charge is -2.40. The Balaban J connectivity index is 1.45. The molecule has 1 aliphatic carbocycles. The maximum Gasteiger partial charge on any atom is 0.274 e. The summed E-state index contributed by atoms with van der Waals surface area (Å²) in [4.78, 5) is 24.9. The van der Waals surface area contributed by atoms with Crippen molar-refractivity contribution >= 4 is 5.91 Å². The van der Waals surface area contributed by atoms with E-state index in [4.69, 9.17) is 4.98 Å². The summed E-state index contributed by atoms with van der Waals surface area (Å²) in [6.07, 6.45) is 6.06. The van der Waals surface area contributed by atoms with Crippen LogP contribution in [0.5, 0.6) is 0 Å². The third-order valence-electron chi connectivity index (χ3n) is 6.64. The minimum atomic E-state index is -0.0713. The molecule has 0 bridgehead atoms. The summed E-state index contributed by atoms with van der Waals surface area (Å²) in [5.41, 5.74) is 4.92. The van der Waals surface area contributed by atoms with Gasteiger partial charge in [0.2, 0.25) is 0 Å². The van der Waals surface area contributed by atoms with Gasteiger partial charge in [0.1, 0.15) is 0 Å². The molecule has 30 heavy (non-hydrogen) atoms. The highest BCUT2D eigenvalue weighted by atomic mass is 16.2. The summed E-state index contributed by atoms with van der Waals surface area (Å²) in [5, 5.41) is 4.52. The smallest absolute Gasteiger partial charge is 0.274 e. The van der Waals surface area contributed by atoms with Crippen LogP contribution in [0.3, 0.4) is 0 Å². The third-order valence-corrected chi connectivity index (χ3v) is 6.64. The van der Waals surface area contributed by atoms with E-state index in [1.807, 2.05) is 66.0 Å². The number of hydrogen-bond donors (Lipinski definition) is 0. The fourth-order valence-corrected chi connectivity index (χ4v) is 5.07. The number of benzene rings is 1. The van der Waals surface area contributed by atoms with Crippen molar-refractivity contribution in [2.45, 2.75) is 51.5 Å². The molecule has 0 saturated carbocycles. The van der Waals surface area contributed by atoms with E-state index in [0.717, 1.165) is 61.5 Å². The van der Waals surface area contributed by atoms with Crippen molar-refractivity contribution in [2.75, 3.05) is 13.1 Å². The Kier molecular flexibility index (Phi) is 4.65. The number of aromatic nitrogens is 4. The summed E-state index contributed by atoms with van der Waals surface area (Å²) in [5.74, 6) is 0.812. The van der Waals surface area contributed by atoms with Crippen molar-refractivity contribution in [3.63, 3.8) is 0 Å². The van der Waals surface area contributed by atoms with Crippen LogP contribution in [0.15, 0.2) is 42.6 Å². The normalized spacial score (nSPS) is 20.5. The second-order valence-electron chi connectivity index (χ2n) is 8.53. The molecule has 1 fully saturated rings. The van der Waals surface area contributed by atoms with E-state index in [9.17, 15) is 4.79 Å². The van der Waals surface area contributed by atoms with Crippen LogP contribution < -0.4 is 0 Å². The highest BCUT2D eigenvalue weighted by Crippen LogP contribution is 2.44. The zero-order chi connectivity index (χ0) is 20.7. The molecule has 6 nitrogen and oxygen atoms in total. The zero-order valence-electron chi connectivity index (χ0n) is 17.6. The summed E-state index contributed by atoms with van der Waals surface area (Å²) < 4.78 is 1.89. The molecule has 5 rings (SSSR count). The largest absolute Gasteiger partial charge is 0.336 e. The van der Waals surface area contributed by atoms with Crippen LogP contribution in [0, 0.1) is 6.92 Å². The van der Waals surface area contributed by atoms with Crippen molar-refractivity contribution in [3.05, 3.63) is 65.2 Å². The second kappa shape index (κ2) is 7.35. The number of nitrogens with zero attached hydrogens (tertiary/aromatic N) is 5. The number of amides is 1. The Hall–Kier alpha value is -3.02. The maximum atomic E-state index is 13.2. The van der Waals surface area contributed by atoms with Crippen LogP contribution >= 0.6 is 0 Å². The molecule has 1 saturated heterocycles. The molecule has 0 N–H and O–H groups in total. The van der Waals surface area contributed by atoms with Gasteiger partial charge in [-0.25, -0.2) is 9.97 Å². The molecule has 154 valence electrons. The van der Waals surface area contributed by atoms with Gasteiger partial charge in [0.05, 0.1) is 5.69 Å². The monoisotopic (exact) mass is 401 g/mol. The zero-order valence-corrected chi connectivity index (χ0v) is 17.6. The van der Waals surface area contributed by atoms with Gasteiger partial charge in [0.15, 0.2) is 11.5 Å². The summed E-state index contributed by atoms with van der Waals surface area (Å²) in [6.45, 7) is 6.31. The molecule has 0 radical (unpaired) electrons. The van der Waals surface area contributed by atoms with Gasteiger partial charge in [0, 0.05) is 42.5 Å². The van der Waals surface area contributed by atoms with Gasteiger partial charge < -0.3 is 4.90 Å². The summed E-state index contributed by atoms with van der Waals surface area (Å²) in [7, 11) is 0. The van der Waals surface area contributed by atoms with Crippen LogP contribution in [0.2, 0.25) is 0 Å². The Labute approximate surface area is 177 Å². The topological polar surface area (TPSA) is 63.9 Å². The average molecular weight is 402 g/mol. The molecule has 1 amide bonds. The summed E-state index contributed by atoms with van der Waals surface area (Å²) >= 11 is 0. The quantitative estimate of drug-likeness (QED) is 0.670. The highest BCUT2D eigenvalue weighted by Gasteiger charge is 2.45. The van der Waals surface area contributed by atoms with Crippen LogP contribution in [0.25, 0.3) is 11.4 Å². The third kappa shape index (κ3) is 3.11. The van der Waals surface area contributed by atoms with Crippen LogP contribution in [-0.2, 0) is 18.4 Å². The molecule has 1 spiro atoms. The van der Waals surface area contributed by atoms with Gasteiger partial charge >= 0.3 is 0 Å². The number of carbonyl (C=O) groups excluding carboxylic acids is 1. The van der Waals surface area contributed by atoms with Crippen molar-refractivity contribution < 1.29 is 4.79 Å². The molecule has 6 heteroatoms. The number of aryl methyl sites for hydroxylation is 3. The van der Waals surface area contributed by atoms with Crippen LogP contribution in [0.4, 0.5) is 0 Å². The van der Waals surface area contributed by atoms with Gasteiger partial charge in [-0.15, -0.1) is 0 Å². The molecule has 2 aromatic heterocycles. The lowest BCUT2D eigenvalue weighted by Crippen LogP contribution is -2.48. The molecule has 1 atom stereocenters. The van der Waals surface area contributed by atoms with E-state index in [-0.39, 0.29) is 11.3 Å². The summed E-state index contributed by atoms with van der Waals surface area (Å²) in [6, 6.07) is 12.0. The van der Waals surface area contributed by atoms with Crippen molar-refractivity contribution in [2.24, 2.45) is 0 Å². The first kappa shape index (κ1) is 19.0. The SMILES string of the molecule is CCn1nc(C(=O)N2CCCC3(CCc4cnc(-c5ccccc5)nc43)C2)cc1C. The fourth-order valence-electron chi connectivity index (χ4n) is 5.07. The van der Waals surface area contributed by atoms with Crippen molar-refractivity contribution in [1.82, 2.24) is 24.6 Å². The first-order valence-electron chi connectivity index (χ1n) is 10.9. The first-order chi connectivity index (χ1) is 14.6. The molecule has 1 unspecified atom stereocenters. The van der Waals surface area contributed by atoms with Gasteiger partial charge in [-0.05, 0) is 51.2 Å². The van der Waals surface area contributed by atoms with E-state index in [0.29, 0.717) is 12.2 Å². The van der Waals surface area contributed by atoms with Crippen molar-refractivity contribution in [1.29, 1.82) is 0 Å². The Morgan fingerprint density at radius 3 is 2.80 bits per heavy atom. The minimum Gasteiger partial charge on any atom is -0.336 e. The molecular formula is C24H27N5O. The second-order valence-corrected chi connectivity index (χ2v) is 8.53. The lowest BCUT2D eigenvalue weighted by atomic mass is 9.77. The Bertz CT molecular complexity index is 1090. The van der Waals surface area contributed by atoms with Crippen molar-refractivity contribution in [3.8, 4) is 11.4 Å². The Morgan fingerprint density at radius 2 is 2.03 bits per heavy atom. The molecule has 3 heterocycles. The molecule has 1 aromatic carbocycles. The Morgan fingerprint density at radius 1 is 1.20 bits per heavy atom. The predicted molar refractivity (Wildman–Crippen MR) is 115 cm³/mol. The van der Waals surface area contributed by atoms with Gasteiger partial charge in [0.25, 0.3) is 5.91 Å². The number of fused-ring (bicyclic) bond motifs is 2. The number of rotatable bonds is 3. The number of hydrogen-bond acceptors (Lipinski definition) is 4. The lowest BCUT2D eigenvalue weighted by molar-refractivity contribution is 0.0626. The van der Waals surface area contributed by atoms with E-state index in [2.05, 4.69) is 10.1 Å². The average Bonchev–Trinajstić information content (AvgIpc) is 3.34. The van der Waals surface area contributed by atoms with Crippen LogP contribution in [-0.4, -0.2) is 43.6 Å². The predicted octanol–water partition coefficient (Wildman–Crippen LogP) is 3.79. The van der Waals surface area contributed by atoms with E-state index in [1.54, 1.807) is 0 Å². The van der Waals surface area contributed by atoms with E-state index in [1.165, 1.54) is 5.56 Å². The number of likely N-dealkylation sites (tertiary alicyclic amines) is 1. The van der Waals surface area contributed by atoms with Gasteiger partial charge in [-0.3, -0.25) is 9.48 Å².